The summed E-state index contributed by atoms with van der Waals surface area (Å²) in [6.45, 7) is 1.13. The van der Waals surface area contributed by atoms with Crippen LogP contribution in [0.2, 0.25) is 0 Å². The molecule has 1 aromatic carbocycles. The van der Waals surface area contributed by atoms with Crippen molar-refractivity contribution in [1.29, 1.82) is 0 Å². The number of aryl methyl sites for hydroxylation is 1. The zero-order valence-electron chi connectivity index (χ0n) is 12.8. The van der Waals surface area contributed by atoms with Gasteiger partial charge in [0.25, 0.3) is 11.8 Å². The summed E-state index contributed by atoms with van der Waals surface area (Å²) in [6.07, 6.45) is 0. The third-order valence-electron chi connectivity index (χ3n) is 2.89. The molecule has 0 saturated carbocycles. The maximum absolute atomic E-state index is 11.7. The first-order valence-electron chi connectivity index (χ1n) is 7.00. The van der Waals surface area contributed by atoms with Crippen molar-refractivity contribution in [2.24, 2.45) is 0 Å². The van der Waals surface area contributed by atoms with Gasteiger partial charge < -0.3 is 19.8 Å². The van der Waals surface area contributed by atoms with Crippen LogP contribution in [-0.4, -0.2) is 30.9 Å². The Bertz CT molecular complexity index is 739. The van der Waals surface area contributed by atoms with Crippen LogP contribution in [0.1, 0.15) is 16.1 Å². The summed E-state index contributed by atoms with van der Waals surface area (Å²) in [5.74, 6) is -1.69. The van der Waals surface area contributed by atoms with E-state index in [1.165, 1.54) is 6.07 Å². The van der Waals surface area contributed by atoms with Gasteiger partial charge in [0.1, 0.15) is 6.54 Å². The van der Waals surface area contributed by atoms with Crippen LogP contribution in [0.3, 0.4) is 0 Å². The summed E-state index contributed by atoms with van der Waals surface area (Å²) in [6, 6.07) is 10.2. The molecule has 2 rings (SSSR count). The number of halogens is 1. The normalized spacial score (nSPS) is 10.1. The molecule has 0 radical (unpaired) electrons. The molecule has 8 heteroatoms. The van der Waals surface area contributed by atoms with E-state index in [1.807, 2.05) is 19.1 Å². The number of hydrogen-bond acceptors (Lipinski definition) is 5. The van der Waals surface area contributed by atoms with Crippen LogP contribution in [0.5, 0.6) is 0 Å². The van der Waals surface area contributed by atoms with E-state index in [0.29, 0.717) is 10.4 Å². The van der Waals surface area contributed by atoms with Crippen LogP contribution in [0, 0.1) is 6.92 Å². The summed E-state index contributed by atoms with van der Waals surface area (Å²) in [5.41, 5.74) is 1.68. The second kappa shape index (κ2) is 8.30. The van der Waals surface area contributed by atoms with Gasteiger partial charge in [-0.2, -0.15) is 0 Å². The summed E-state index contributed by atoms with van der Waals surface area (Å²) in [4.78, 5) is 34.9. The fourth-order valence-corrected chi connectivity index (χ4v) is 2.01. The van der Waals surface area contributed by atoms with Gasteiger partial charge in [-0.1, -0.05) is 17.7 Å². The second-order valence-corrected chi connectivity index (χ2v) is 5.64. The Kier molecular flexibility index (Phi) is 6.14. The lowest BCUT2D eigenvalue weighted by Gasteiger charge is -2.07. The van der Waals surface area contributed by atoms with Crippen LogP contribution < -0.4 is 10.6 Å². The molecular formula is C16H15BrN2O5. The fraction of sp³-hybridized carbons (Fsp3) is 0.188. The number of ether oxygens (including phenoxy) is 1. The zero-order chi connectivity index (χ0) is 17.5. The highest BCUT2D eigenvalue weighted by atomic mass is 79.9. The number of anilines is 1. The number of nitrogens with one attached hydrogen (secondary N) is 2. The predicted molar refractivity (Wildman–Crippen MR) is 89.5 cm³/mol. The molecule has 0 bridgehead atoms. The maximum Gasteiger partial charge on any atom is 0.325 e. The van der Waals surface area contributed by atoms with Crippen molar-refractivity contribution in [3.8, 4) is 0 Å². The van der Waals surface area contributed by atoms with Crippen molar-refractivity contribution in [3.63, 3.8) is 0 Å². The van der Waals surface area contributed by atoms with E-state index in [1.54, 1.807) is 18.2 Å². The molecule has 0 fully saturated rings. The van der Waals surface area contributed by atoms with Crippen molar-refractivity contribution < 1.29 is 23.5 Å². The molecule has 7 nitrogen and oxygen atoms in total. The molecule has 0 aliphatic rings. The van der Waals surface area contributed by atoms with E-state index >= 15 is 0 Å². The van der Waals surface area contributed by atoms with Crippen molar-refractivity contribution >= 4 is 39.4 Å². The van der Waals surface area contributed by atoms with Crippen LogP contribution in [0.15, 0.2) is 45.5 Å². The minimum absolute atomic E-state index is 0.0618. The largest absolute Gasteiger partial charge is 0.454 e. The molecule has 0 atom stereocenters. The lowest BCUT2D eigenvalue weighted by molar-refractivity contribution is -0.146. The highest BCUT2D eigenvalue weighted by Crippen LogP contribution is 2.13. The second-order valence-electron chi connectivity index (χ2n) is 4.86. The number of carbonyl (C=O) groups excluding carboxylic acids is 3. The van der Waals surface area contributed by atoms with Gasteiger partial charge in [-0.05, 0) is 47.1 Å². The number of carbonyl (C=O) groups is 3. The number of furan rings is 1. The molecular weight excluding hydrogens is 380 g/mol. The van der Waals surface area contributed by atoms with Gasteiger partial charge in [-0.15, -0.1) is 0 Å². The third kappa shape index (κ3) is 5.54. The zero-order valence-corrected chi connectivity index (χ0v) is 14.4. The average Bonchev–Trinajstić information content (AvgIpc) is 2.99. The summed E-state index contributed by atoms with van der Waals surface area (Å²) >= 11 is 3.07. The third-order valence-corrected chi connectivity index (χ3v) is 3.32. The molecule has 2 aromatic rings. The topological polar surface area (TPSA) is 97.6 Å². The first-order valence-corrected chi connectivity index (χ1v) is 7.79. The first kappa shape index (κ1) is 17.7. The quantitative estimate of drug-likeness (QED) is 0.732. The highest BCUT2D eigenvalue weighted by molar-refractivity contribution is 9.10. The first-order chi connectivity index (χ1) is 11.4. The van der Waals surface area contributed by atoms with Crippen LogP contribution in [0.4, 0.5) is 5.69 Å². The van der Waals surface area contributed by atoms with Crippen molar-refractivity contribution in [2.75, 3.05) is 18.5 Å². The Balaban J connectivity index is 1.69. The molecule has 0 aliphatic heterocycles. The molecule has 2 N–H and O–H groups in total. The number of rotatable bonds is 6. The molecule has 1 aromatic heterocycles. The predicted octanol–water partition coefficient (Wildman–Crippen LogP) is 2.26. The molecule has 24 heavy (non-hydrogen) atoms. The highest BCUT2D eigenvalue weighted by Gasteiger charge is 2.13. The van der Waals surface area contributed by atoms with Crippen LogP contribution >= 0.6 is 15.9 Å². The van der Waals surface area contributed by atoms with E-state index < -0.39 is 24.4 Å². The minimum atomic E-state index is -0.729. The van der Waals surface area contributed by atoms with E-state index in [0.717, 1.165) is 5.56 Å². The number of esters is 1. The van der Waals surface area contributed by atoms with Gasteiger partial charge in [-0.3, -0.25) is 14.4 Å². The van der Waals surface area contributed by atoms with E-state index in [9.17, 15) is 14.4 Å². The van der Waals surface area contributed by atoms with Crippen molar-refractivity contribution in [2.45, 2.75) is 6.92 Å². The van der Waals surface area contributed by atoms with Crippen molar-refractivity contribution in [3.05, 3.63) is 52.4 Å². The smallest absolute Gasteiger partial charge is 0.325 e. The number of hydrogen-bond donors (Lipinski definition) is 2. The van der Waals surface area contributed by atoms with Gasteiger partial charge in [0.2, 0.25) is 0 Å². The van der Waals surface area contributed by atoms with Crippen molar-refractivity contribution in [1.82, 2.24) is 5.32 Å². The van der Waals surface area contributed by atoms with Gasteiger partial charge in [-0.25, -0.2) is 0 Å². The molecule has 0 aliphatic carbocycles. The van der Waals surface area contributed by atoms with Gasteiger partial charge in [0.15, 0.2) is 17.0 Å². The Morgan fingerprint density at radius 2 is 1.83 bits per heavy atom. The molecule has 126 valence electrons. The Labute approximate surface area is 146 Å². The Morgan fingerprint density at radius 3 is 2.46 bits per heavy atom. The van der Waals surface area contributed by atoms with Gasteiger partial charge in [0.05, 0.1) is 0 Å². The standard InChI is InChI=1S/C16H15BrN2O5/c1-10-2-4-11(5-3-10)19-14(20)9-23-15(21)8-18-16(22)12-6-7-13(17)24-12/h2-7H,8-9H2,1H3,(H,18,22)(H,19,20). The molecule has 0 saturated heterocycles. The Morgan fingerprint density at radius 1 is 1.12 bits per heavy atom. The molecule has 1 heterocycles. The van der Waals surface area contributed by atoms with Crippen LogP contribution in [0.25, 0.3) is 0 Å². The summed E-state index contributed by atoms with van der Waals surface area (Å²) in [7, 11) is 0. The lowest BCUT2D eigenvalue weighted by Crippen LogP contribution is -2.32. The monoisotopic (exact) mass is 394 g/mol. The summed E-state index contributed by atoms with van der Waals surface area (Å²) in [5, 5.41) is 4.93. The van der Waals surface area contributed by atoms with Gasteiger partial charge >= 0.3 is 5.97 Å². The van der Waals surface area contributed by atoms with E-state index in [4.69, 9.17) is 9.15 Å². The van der Waals surface area contributed by atoms with Gasteiger partial charge in [0, 0.05) is 5.69 Å². The lowest BCUT2D eigenvalue weighted by atomic mass is 10.2. The molecule has 0 unspecified atom stereocenters. The Hall–Kier alpha value is -2.61. The minimum Gasteiger partial charge on any atom is -0.454 e. The number of amides is 2. The average molecular weight is 395 g/mol. The maximum atomic E-state index is 11.7. The molecule has 2 amide bonds. The number of benzene rings is 1. The van der Waals surface area contributed by atoms with Crippen LogP contribution in [-0.2, 0) is 14.3 Å². The molecule has 0 spiro atoms. The fourth-order valence-electron chi connectivity index (χ4n) is 1.71. The SMILES string of the molecule is Cc1ccc(NC(=O)COC(=O)CNC(=O)c2ccc(Br)o2)cc1. The van der Waals surface area contributed by atoms with E-state index in [-0.39, 0.29) is 12.3 Å². The van der Waals surface area contributed by atoms with E-state index in [2.05, 4.69) is 26.6 Å². The summed E-state index contributed by atoms with van der Waals surface area (Å²) < 4.78 is 10.2.